The van der Waals surface area contributed by atoms with Gasteiger partial charge in [0.2, 0.25) is 0 Å². The lowest BCUT2D eigenvalue weighted by Crippen LogP contribution is -2.18. The molecule has 3 aromatic rings. The van der Waals surface area contributed by atoms with Crippen molar-refractivity contribution >= 4 is 40.8 Å². The zero-order valence-corrected chi connectivity index (χ0v) is 17.9. The van der Waals surface area contributed by atoms with E-state index in [1.54, 1.807) is 18.2 Å². The first kappa shape index (κ1) is 25.2. The van der Waals surface area contributed by atoms with Gasteiger partial charge in [-0.3, -0.25) is 9.59 Å². The second-order valence-corrected chi connectivity index (χ2v) is 6.97. The van der Waals surface area contributed by atoms with E-state index >= 15 is 0 Å². The van der Waals surface area contributed by atoms with E-state index in [4.69, 9.17) is 23.2 Å². The van der Waals surface area contributed by atoms with Gasteiger partial charge >= 0.3 is 12.1 Å². The van der Waals surface area contributed by atoms with Crippen LogP contribution in [0.3, 0.4) is 0 Å². The number of esters is 1. The van der Waals surface area contributed by atoms with Crippen molar-refractivity contribution in [3.05, 3.63) is 93.7 Å². The summed E-state index contributed by atoms with van der Waals surface area (Å²) in [5.74, 6) is -2.93. The normalized spacial score (nSPS) is 10.6. The van der Waals surface area contributed by atoms with Gasteiger partial charge in [0.05, 0.1) is 21.2 Å². The molecule has 3 rings (SSSR count). The van der Waals surface area contributed by atoms with Gasteiger partial charge in [-0.1, -0.05) is 47.5 Å². The highest BCUT2D eigenvalue weighted by molar-refractivity contribution is 6.42. The number of para-hydroxylation sites is 1. The number of benzene rings is 3. The number of carbonyl (C=O) groups excluding carboxylic acids is 2. The summed E-state index contributed by atoms with van der Waals surface area (Å²) in [6.07, 6.45) is -4.80. The molecule has 0 saturated heterocycles. The summed E-state index contributed by atoms with van der Waals surface area (Å²) in [4.78, 5) is 23.5. The molecule has 10 heteroatoms. The van der Waals surface area contributed by atoms with E-state index in [1.165, 1.54) is 30.3 Å². The predicted octanol–water partition coefficient (Wildman–Crippen LogP) is 7.02. The van der Waals surface area contributed by atoms with Gasteiger partial charge in [-0.2, -0.15) is 13.2 Å². The highest BCUT2D eigenvalue weighted by Gasteiger charge is 2.37. The molecule has 0 heterocycles. The van der Waals surface area contributed by atoms with Gasteiger partial charge in [0.25, 0.3) is 5.91 Å². The summed E-state index contributed by atoms with van der Waals surface area (Å²) in [7, 11) is 0. The van der Waals surface area contributed by atoms with Gasteiger partial charge < -0.3 is 10.1 Å². The molecule has 0 saturated carbocycles. The molecule has 32 heavy (non-hydrogen) atoms. The molecule has 1 N–H and O–H groups in total. The van der Waals surface area contributed by atoms with Crippen LogP contribution in [0.15, 0.2) is 66.7 Å². The van der Waals surface area contributed by atoms with Gasteiger partial charge in [0, 0.05) is 12.6 Å². The number of rotatable bonds is 3. The zero-order chi connectivity index (χ0) is 23.9. The Labute approximate surface area is 190 Å². The third-order valence-electron chi connectivity index (χ3n) is 3.72. The van der Waals surface area contributed by atoms with Crippen molar-refractivity contribution in [2.45, 2.75) is 13.1 Å². The van der Waals surface area contributed by atoms with Gasteiger partial charge in [0.15, 0.2) is 5.75 Å². The minimum Gasteiger partial charge on any atom is -0.425 e. The number of ether oxygens (including phenoxy) is 1. The predicted molar refractivity (Wildman–Crippen MR) is 114 cm³/mol. The average Bonchev–Trinajstić information content (AvgIpc) is 2.70. The van der Waals surface area contributed by atoms with E-state index in [-0.39, 0.29) is 21.5 Å². The molecule has 0 bridgehead atoms. The molecule has 0 aromatic heterocycles. The molecule has 0 spiro atoms. The van der Waals surface area contributed by atoms with Crippen molar-refractivity contribution in [1.29, 1.82) is 0 Å². The number of carbonyl (C=O) groups is 2. The first-order chi connectivity index (χ1) is 15.0. The van der Waals surface area contributed by atoms with Crippen LogP contribution < -0.4 is 10.1 Å². The molecule has 0 radical (unpaired) electrons. The Morgan fingerprint density at radius 2 is 1.56 bits per heavy atom. The monoisotopic (exact) mass is 487 g/mol. The minimum absolute atomic E-state index is 0.156. The van der Waals surface area contributed by atoms with E-state index in [2.05, 4.69) is 10.1 Å². The first-order valence-electron chi connectivity index (χ1n) is 8.84. The van der Waals surface area contributed by atoms with E-state index < -0.39 is 34.9 Å². The van der Waals surface area contributed by atoms with Crippen LogP contribution in [0.5, 0.6) is 5.75 Å². The molecular weight excluding hydrogens is 473 g/mol. The summed E-state index contributed by atoms with van der Waals surface area (Å²) in [6, 6.07) is 15.0. The van der Waals surface area contributed by atoms with Crippen molar-refractivity contribution in [2.75, 3.05) is 5.32 Å². The fraction of sp³-hybridized carbons (Fsp3) is 0.0909. The second-order valence-electron chi connectivity index (χ2n) is 6.15. The molecule has 4 nitrogen and oxygen atoms in total. The number of amides is 1. The Morgan fingerprint density at radius 1 is 0.906 bits per heavy atom. The third-order valence-corrected chi connectivity index (χ3v) is 4.46. The maximum Gasteiger partial charge on any atom is 0.420 e. The number of alkyl halides is 3. The van der Waals surface area contributed by atoms with Crippen LogP contribution in [0.1, 0.15) is 22.8 Å². The van der Waals surface area contributed by atoms with E-state index in [9.17, 15) is 27.2 Å². The molecule has 0 aliphatic carbocycles. The molecule has 1 amide bonds. The van der Waals surface area contributed by atoms with Gasteiger partial charge in [-0.05, 0) is 42.5 Å². The Hall–Kier alpha value is -3.10. The third kappa shape index (κ3) is 7.25. The number of nitrogens with one attached hydrogen (secondary N) is 1. The van der Waals surface area contributed by atoms with E-state index in [0.717, 1.165) is 19.1 Å². The summed E-state index contributed by atoms with van der Waals surface area (Å²) >= 11 is 11.6. The standard InChI is InChI=1S/C16H10Cl2F3NO3.C6H5F/c1-8(23)25-14-10(3-2-4-11(14)16(19,20)21)15(24)22-9-5-6-12(17)13(18)7-9;7-6-4-2-1-3-5-6/h2-7H,1H3,(H,22,24);1-5H. The molecule has 0 aliphatic heterocycles. The number of hydrogen-bond acceptors (Lipinski definition) is 3. The van der Waals surface area contributed by atoms with Crippen LogP contribution in [0.25, 0.3) is 0 Å². The van der Waals surface area contributed by atoms with E-state index in [1.807, 2.05) is 0 Å². The quantitative estimate of drug-likeness (QED) is 0.245. The summed E-state index contributed by atoms with van der Waals surface area (Å²) in [5.41, 5.74) is -1.47. The van der Waals surface area contributed by atoms with Crippen LogP contribution >= 0.6 is 23.2 Å². The largest absolute Gasteiger partial charge is 0.425 e. The van der Waals surface area contributed by atoms with Crippen LogP contribution in [0.4, 0.5) is 23.2 Å². The van der Waals surface area contributed by atoms with Crippen molar-refractivity contribution in [3.8, 4) is 5.75 Å². The van der Waals surface area contributed by atoms with Crippen molar-refractivity contribution in [3.63, 3.8) is 0 Å². The molecule has 0 unspecified atom stereocenters. The molecular formula is C22H15Cl2F4NO3. The summed E-state index contributed by atoms with van der Waals surface area (Å²) in [5, 5.41) is 2.78. The van der Waals surface area contributed by atoms with Crippen LogP contribution in [-0.4, -0.2) is 11.9 Å². The number of halogens is 6. The van der Waals surface area contributed by atoms with Crippen molar-refractivity contribution in [2.24, 2.45) is 0 Å². The highest BCUT2D eigenvalue weighted by atomic mass is 35.5. The maximum absolute atomic E-state index is 13.1. The van der Waals surface area contributed by atoms with Crippen LogP contribution in [-0.2, 0) is 11.0 Å². The second kappa shape index (κ2) is 11.0. The summed E-state index contributed by atoms with van der Waals surface area (Å²) < 4.78 is 55.9. The number of anilines is 1. The lowest BCUT2D eigenvalue weighted by Gasteiger charge is -2.16. The highest BCUT2D eigenvalue weighted by Crippen LogP contribution is 2.38. The Kier molecular flexibility index (Phi) is 8.63. The van der Waals surface area contributed by atoms with Crippen LogP contribution in [0.2, 0.25) is 10.0 Å². The fourth-order valence-corrected chi connectivity index (χ4v) is 2.68. The lowest BCUT2D eigenvalue weighted by molar-refractivity contribution is -0.141. The Balaban J connectivity index is 0.000000439. The Morgan fingerprint density at radius 3 is 2.06 bits per heavy atom. The topological polar surface area (TPSA) is 55.4 Å². The lowest BCUT2D eigenvalue weighted by atomic mass is 10.1. The zero-order valence-electron chi connectivity index (χ0n) is 16.3. The smallest absolute Gasteiger partial charge is 0.420 e. The summed E-state index contributed by atoms with van der Waals surface area (Å²) in [6.45, 7) is 0.938. The Bertz CT molecular complexity index is 1110. The van der Waals surface area contributed by atoms with Crippen molar-refractivity contribution in [1.82, 2.24) is 0 Å². The first-order valence-corrected chi connectivity index (χ1v) is 9.60. The van der Waals surface area contributed by atoms with Gasteiger partial charge in [-0.25, -0.2) is 4.39 Å². The SMILES string of the molecule is CC(=O)Oc1c(C(=O)Nc2ccc(Cl)c(Cl)c2)cccc1C(F)(F)F.Fc1ccccc1. The van der Waals surface area contributed by atoms with E-state index in [0.29, 0.717) is 6.07 Å². The number of hydrogen-bond donors (Lipinski definition) is 1. The molecule has 0 atom stereocenters. The van der Waals surface area contributed by atoms with Gasteiger partial charge in [0.1, 0.15) is 5.82 Å². The van der Waals surface area contributed by atoms with Crippen molar-refractivity contribution < 1.29 is 31.9 Å². The van der Waals surface area contributed by atoms with Crippen LogP contribution in [0, 0.1) is 5.82 Å². The molecule has 0 fully saturated rings. The molecule has 3 aromatic carbocycles. The van der Waals surface area contributed by atoms with Gasteiger partial charge in [-0.15, -0.1) is 0 Å². The fourth-order valence-electron chi connectivity index (χ4n) is 2.38. The molecule has 168 valence electrons. The average molecular weight is 488 g/mol. The maximum atomic E-state index is 13.1. The molecule has 0 aliphatic rings. The minimum atomic E-state index is -4.80.